The molecule has 2 aromatic rings. The summed E-state index contributed by atoms with van der Waals surface area (Å²) < 4.78 is 5.23. The Morgan fingerprint density at radius 3 is 3.08 bits per heavy atom. The molecule has 2 atom stereocenters. The maximum absolute atomic E-state index is 12.7. The number of carbonyl (C=O) groups excluding carboxylic acids is 1. The minimum atomic E-state index is 0.0865. The van der Waals surface area contributed by atoms with E-state index >= 15 is 0 Å². The first-order valence-electron chi connectivity index (χ1n) is 8.45. The summed E-state index contributed by atoms with van der Waals surface area (Å²) in [4.78, 5) is 22.3. The molecule has 0 aromatic carbocycles. The van der Waals surface area contributed by atoms with E-state index in [1.807, 2.05) is 30.3 Å². The third kappa shape index (κ3) is 3.52. The number of hydrogen-bond acceptors (Lipinski definition) is 6. The molecular weight excluding hydrogens is 324 g/mol. The van der Waals surface area contributed by atoms with Crippen molar-refractivity contribution in [1.29, 1.82) is 0 Å². The standard InChI is InChI=1S/C17H24N4O2S/c1-4-15-18-17(19-23-15)13-7-5-9-21(13)11-16(22)20(3)12(2)14-8-6-10-24-14/h6,8,10,12-13H,4-5,7,9,11H2,1-3H3/t12-,13+/m1/s1. The second-order valence-corrected chi connectivity index (χ2v) is 7.20. The summed E-state index contributed by atoms with van der Waals surface area (Å²) in [5.41, 5.74) is 0. The predicted octanol–water partition coefficient (Wildman–Crippen LogP) is 3.05. The first-order valence-corrected chi connectivity index (χ1v) is 9.33. The molecule has 3 heterocycles. The molecule has 1 amide bonds. The maximum atomic E-state index is 12.7. The number of aromatic nitrogens is 2. The lowest BCUT2D eigenvalue weighted by molar-refractivity contribution is -0.133. The number of aryl methyl sites for hydroxylation is 1. The van der Waals surface area contributed by atoms with Gasteiger partial charge in [0.25, 0.3) is 0 Å². The van der Waals surface area contributed by atoms with Crippen LogP contribution in [0.2, 0.25) is 0 Å². The lowest BCUT2D eigenvalue weighted by Crippen LogP contribution is -2.39. The molecule has 0 aliphatic carbocycles. The highest BCUT2D eigenvalue weighted by Gasteiger charge is 2.32. The van der Waals surface area contributed by atoms with Crippen molar-refractivity contribution in [3.05, 3.63) is 34.1 Å². The van der Waals surface area contributed by atoms with Gasteiger partial charge in [-0.2, -0.15) is 4.98 Å². The van der Waals surface area contributed by atoms with Crippen molar-refractivity contribution in [2.45, 2.75) is 45.2 Å². The van der Waals surface area contributed by atoms with Crippen LogP contribution in [0.15, 0.2) is 22.0 Å². The van der Waals surface area contributed by atoms with Gasteiger partial charge >= 0.3 is 0 Å². The summed E-state index contributed by atoms with van der Waals surface area (Å²) in [6.45, 7) is 5.35. The van der Waals surface area contributed by atoms with Crippen molar-refractivity contribution in [2.75, 3.05) is 20.1 Å². The van der Waals surface area contributed by atoms with E-state index in [0.717, 1.165) is 25.8 Å². The quantitative estimate of drug-likeness (QED) is 0.803. The van der Waals surface area contributed by atoms with Gasteiger partial charge in [-0.3, -0.25) is 9.69 Å². The van der Waals surface area contributed by atoms with Gasteiger partial charge in [0.1, 0.15) is 0 Å². The Morgan fingerprint density at radius 1 is 1.58 bits per heavy atom. The van der Waals surface area contributed by atoms with Crippen LogP contribution in [0.25, 0.3) is 0 Å². The van der Waals surface area contributed by atoms with Crippen molar-refractivity contribution in [2.24, 2.45) is 0 Å². The number of rotatable bonds is 6. The van der Waals surface area contributed by atoms with Crippen LogP contribution in [-0.2, 0) is 11.2 Å². The molecule has 6 nitrogen and oxygen atoms in total. The number of nitrogens with zero attached hydrogens (tertiary/aromatic N) is 4. The molecule has 0 unspecified atom stereocenters. The molecule has 0 radical (unpaired) electrons. The first kappa shape index (κ1) is 17.1. The summed E-state index contributed by atoms with van der Waals surface area (Å²) >= 11 is 1.68. The van der Waals surface area contributed by atoms with Gasteiger partial charge < -0.3 is 9.42 Å². The van der Waals surface area contributed by atoms with Crippen molar-refractivity contribution in [3.8, 4) is 0 Å². The number of likely N-dealkylation sites (N-methyl/N-ethyl adjacent to an activating group) is 1. The fourth-order valence-corrected chi connectivity index (χ4v) is 3.90. The zero-order valence-corrected chi connectivity index (χ0v) is 15.3. The fraction of sp³-hybridized carbons (Fsp3) is 0.588. The third-order valence-corrected chi connectivity index (χ3v) is 5.76. The van der Waals surface area contributed by atoms with Gasteiger partial charge in [-0.25, -0.2) is 0 Å². The van der Waals surface area contributed by atoms with E-state index in [1.165, 1.54) is 4.88 Å². The van der Waals surface area contributed by atoms with E-state index in [1.54, 1.807) is 11.3 Å². The molecule has 1 aliphatic heterocycles. The summed E-state index contributed by atoms with van der Waals surface area (Å²) in [5.74, 6) is 1.50. The minimum absolute atomic E-state index is 0.0865. The largest absolute Gasteiger partial charge is 0.339 e. The fourth-order valence-electron chi connectivity index (χ4n) is 3.08. The molecule has 0 saturated carbocycles. The van der Waals surface area contributed by atoms with Crippen LogP contribution in [-0.4, -0.2) is 46.0 Å². The monoisotopic (exact) mass is 348 g/mol. The maximum Gasteiger partial charge on any atom is 0.237 e. The highest BCUT2D eigenvalue weighted by Crippen LogP contribution is 2.30. The number of thiophene rings is 1. The number of likely N-dealkylation sites (tertiary alicyclic amines) is 1. The molecule has 0 N–H and O–H groups in total. The molecular formula is C17H24N4O2S. The second kappa shape index (κ2) is 7.44. The molecule has 1 fully saturated rings. The Bertz CT molecular complexity index is 670. The molecule has 2 aromatic heterocycles. The van der Waals surface area contributed by atoms with Gasteiger partial charge in [0.05, 0.1) is 18.6 Å². The van der Waals surface area contributed by atoms with Gasteiger partial charge in [-0.15, -0.1) is 11.3 Å². The van der Waals surface area contributed by atoms with Crippen LogP contribution < -0.4 is 0 Å². The van der Waals surface area contributed by atoms with E-state index in [4.69, 9.17) is 4.52 Å². The Morgan fingerprint density at radius 2 is 2.42 bits per heavy atom. The average molecular weight is 348 g/mol. The number of hydrogen-bond donors (Lipinski definition) is 0. The number of carbonyl (C=O) groups is 1. The smallest absolute Gasteiger partial charge is 0.237 e. The van der Waals surface area contributed by atoms with Gasteiger partial charge in [-0.1, -0.05) is 18.1 Å². The summed E-state index contributed by atoms with van der Waals surface area (Å²) in [6, 6.07) is 4.27. The van der Waals surface area contributed by atoms with Crippen molar-refractivity contribution in [3.63, 3.8) is 0 Å². The minimum Gasteiger partial charge on any atom is -0.339 e. The molecule has 130 valence electrons. The lowest BCUT2D eigenvalue weighted by atomic mass is 10.2. The van der Waals surface area contributed by atoms with E-state index in [2.05, 4.69) is 28.0 Å². The summed E-state index contributed by atoms with van der Waals surface area (Å²) in [5, 5.41) is 6.14. The molecule has 24 heavy (non-hydrogen) atoms. The van der Waals surface area contributed by atoms with Crippen molar-refractivity contribution in [1.82, 2.24) is 19.9 Å². The van der Waals surface area contributed by atoms with Crippen LogP contribution in [0, 0.1) is 0 Å². The van der Waals surface area contributed by atoms with E-state index < -0.39 is 0 Å². The van der Waals surface area contributed by atoms with E-state index in [9.17, 15) is 4.79 Å². The molecule has 7 heteroatoms. The Kier molecular flexibility index (Phi) is 5.30. The highest BCUT2D eigenvalue weighted by atomic mass is 32.1. The highest BCUT2D eigenvalue weighted by molar-refractivity contribution is 7.10. The predicted molar refractivity (Wildman–Crippen MR) is 92.7 cm³/mol. The SMILES string of the molecule is CCc1nc([C@@H]2CCCN2CC(=O)N(C)[C@H](C)c2cccs2)no1. The molecule has 1 saturated heterocycles. The Hall–Kier alpha value is -1.73. The van der Waals surface area contributed by atoms with Gasteiger partial charge in [-0.05, 0) is 37.8 Å². The van der Waals surface area contributed by atoms with E-state index in [0.29, 0.717) is 18.3 Å². The van der Waals surface area contributed by atoms with Crippen LogP contribution in [0.1, 0.15) is 55.4 Å². The Labute approximate surface area is 146 Å². The summed E-state index contributed by atoms with van der Waals surface area (Å²) in [6.07, 6.45) is 2.76. The topological polar surface area (TPSA) is 62.5 Å². The molecule has 3 rings (SSSR count). The van der Waals surface area contributed by atoms with Crippen LogP contribution in [0.5, 0.6) is 0 Å². The summed E-state index contributed by atoms with van der Waals surface area (Å²) in [7, 11) is 1.88. The van der Waals surface area contributed by atoms with Gasteiger partial charge in [0.15, 0.2) is 5.82 Å². The first-order chi connectivity index (χ1) is 11.6. The van der Waals surface area contributed by atoms with Gasteiger partial charge in [0.2, 0.25) is 11.8 Å². The Balaban J connectivity index is 1.64. The average Bonchev–Trinajstić information content (AvgIpc) is 3.33. The van der Waals surface area contributed by atoms with Gasteiger partial charge in [0, 0.05) is 18.3 Å². The molecule has 1 aliphatic rings. The third-order valence-electron chi connectivity index (χ3n) is 4.72. The molecule has 0 spiro atoms. The van der Waals surface area contributed by atoms with Crippen LogP contribution in [0.3, 0.4) is 0 Å². The zero-order chi connectivity index (χ0) is 17.1. The van der Waals surface area contributed by atoms with Crippen LogP contribution in [0.4, 0.5) is 0 Å². The number of amides is 1. The van der Waals surface area contributed by atoms with Crippen molar-refractivity contribution < 1.29 is 9.32 Å². The van der Waals surface area contributed by atoms with Crippen LogP contribution >= 0.6 is 11.3 Å². The normalized spacial score (nSPS) is 19.5. The van der Waals surface area contributed by atoms with E-state index in [-0.39, 0.29) is 18.0 Å². The lowest BCUT2D eigenvalue weighted by Gasteiger charge is -2.28. The zero-order valence-electron chi connectivity index (χ0n) is 14.4. The second-order valence-electron chi connectivity index (χ2n) is 6.22. The molecule has 0 bridgehead atoms. The van der Waals surface area contributed by atoms with Crippen molar-refractivity contribution >= 4 is 17.2 Å².